The van der Waals surface area contributed by atoms with Crippen molar-refractivity contribution in [2.45, 2.75) is 283 Å². The lowest BCUT2D eigenvalue weighted by molar-refractivity contribution is -0.123. The first-order valence-corrected chi connectivity index (χ1v) is 23.2. The Labute approximate surface area is 314 Å². The number of aliphatic hydroxyl groups excluding tert-OH is 2. The normalized spacial score (nSPS) is 12.8. The van der Waals surface area contributed by atoms with Crippen molar-refractivity contribution >= 4 is 5.91 Å². The van der Waals surface area contributed by atoms with Crippen molar-refractivity contribution in [3.63, 3.8) is 0 Å². The minimum absolute atomic E-state index is 0.0251. The van der Waals surface area contributed by atoms with Gasteiger partial charge in [-0.25, -0.2) is 0 Å². The van der Waals surface area contributed by atoms with E-state index in [1.165, 1.54) is 218 Å². The Bertz CT molecular complexity index is 641. The average molecular weight is 708 g/mol. The zero-order valence-electron chi connectivity index (χ0n) is 34.4. The number of rotatable bonds is 43. The first kappa shape index (κ1) is 49.4. The van der Waals surface area contributed by atoms with Crippen LogP contribution in [0, 0.1) is 0 Å². The fraction of sp³-hybridized carbons (Fsp3) is 0.978. The fourth-order valence-corrected chi connectivity index (χ4v) is 7.54. The van der Waals surface area contributed by atoms with Crippen LogP contribution in [0.3, 0.4) is 0 Å². The molecule has 0 aromatic carbocycles. The van der Waals surface area contributed by atoms with Crippen molar-refractivity contribution in [1.82, 2.24) is 5.32 Å². The fourth-order valence-electron chi connectivity index (χ4n) is 7.54. The van der Waals surface area contributed by atoms with Crippen LogP contribution < -0.4 is 5.32 Å². The largest absolute Gasteiger partial charge is 0.394 e. The van der Waals surface area contributed by atoms with Gasteiger partial charge in [-0.2, -0.15) is 0 Å². The molecule has 0 unspecified atom stereocenters. The van der Waals surface area contributed by atoms with Crippen LogP contribution in [0.4, 0.5) is 0 Å². The Balaban J connectivity index is 3.42. The van der Waals surface area contributed by atoms with E-state index in [-0.39, 0.29) is 12.5 Å². The molecule has 1 amide bonds. The van der Waals surface area contributed by atoms with E-state index in [9.17, 15) is 15.0 Å². The van der Waals surface area contributed by atoms with Crippen LogP contribution in [-0.4, -0.2) is 34.9 Å². The molecule has 0 aliphatic heterocycles. The monoisotopic (exact) mass is 708 g/mol. The van der Waals surface area contributed by atoms with Crippen LogP contribution in [0.1, 0.15) is 271 Å². The second-order valence-electron chi connectivity index (χ2n) is 16.2. The summed E-state index contributed by atoms with van der Waals surface area (Å²) in [5.41, 5.74) is 0. The van der Waals surface area contributed by atoms with Crippen molar-refractivity contribution in [1.29, 1.82) is 0 Å². The van der Waals surface area contributed by atoms with Crippen LogP contribution in [0.25, 0.3) is 0 Å². The molecule has 0 spiro atoms. The van der Waals surface area contributed by atoms with E-state index in [4.69, 9.17) is 0 Å². The third kappa shape index (κ3) is 38.6. The molecule has 0 fully saturated rings. The molecule has 4 heteroatoms. The highest BCUT2D eigenvalue weighted by atomic mass is 16.3. The minimum atomic E-state index is -0.652. The van der Waals surface area contributed by atoms with Gasteiger partial charge < -0.3 is 15.5 Å². The summed E-state index contributed by atoms with van der Waals surface area (Å²) < 4.78 is 0. The lowest BCUT2D eigenvalue weighted by atomic mass is 10.0. The van der Waals surface area contributed by atoms with E-state index in [1.54, 1.807) is 0 Å². The highest BCUT2D eigenvalue weighted by molar-refractivity contribution is 5.76. The number of nitrogens with one attached hydrogen (secondary N) is 1. The predicted molar refractivity (Wildman–Crippen MR) is 221 cm³/mol. The zero-order valence-corrected chi connectivity index (χ0v) is 34.4. The van der Waals surface area contributed by atoms with Gasteiger partial charge in [-0.1, -0.05) is 251 Å². The molecule has 0 aliphatic carbocycles. The van der Waals surface area contributed by atoms with E-state index in [2.05, 4.69) is 19.2 Å². The average Bonchev–Trinajstić information content (AvgIpc) is 3.12. The summed E-state index contributed by atoms with van der Waals surface area (Å²) in [7, 11) is 0. The van der Waals surface area contributed by atoms with Gasteiger partial charge in [-0.05, 0) is 12.8 Å². The molecule has 2 atom stereocenters. The van der Waals surface area contributed by atoms with Gasteiger partial charge in [-0.15, -0.1) is 0 Å². The number of aliphatic hydroxyl groups is 2. The highest BCUT2D eigenvalue weighted by Crippen LogP contribution is 2.17. The van der Waals surface area contributed by atoms with Crippen molar-refractivity contribution < 1.29 is 15.0 Å². The molecule has 3 N–H and O–H groups in total. The first-order valence-electron chi connectivity index (χ1n) is 23.2. The number of unbranched alkanes of at least 4 members (excludes halogenated alkanes) is 36. The van der Waals surface area contributed by atoms with Gasteiger partial charge in [0.2, 0.25) is 5.91 Å². The van der Waals surface area contributed by atoms with E-state index in [0.717, 1.165) is 25.7 Å². The van der Waals surface area contributed by atoms with Gasteiger partial charge in [-0.3, -0.25) is 4.79 Å². The predicted octanol–water partition coefficient (Wildman–Crippen LogP) is 14.5. The minimum Gasteiger partial charge on any atom is -0.394 e. The van der Waals surface area contributed by atoms with Gasteiger partial charge in [0.1, 0.15) is 0 Å². The molecule has 0 aromatic rings. The molecule has 0 heterocycles. The molecule has 0 aliphatic rings. The first-order chi connectivity index (χ1) is 24.7. The van der Waals surface area contributed by atoms with Crippen LogP contribution >= 0.6 is 0 Å². The van der Waals surface area contributed by atoms with Crippen molar-refractivity contribution in [2.24, 2.45) is 0 Å². The summed E-state index contributed by atoms with van der Waals surface area (Å²) >= 11 is 0. The van der Waals surface area contributed by atoms with Gasteiger partial charge >= 0.3 is 0 Å². The zero-order chi connectivity index (χ0) is 36.4. The van der Waals surface area contributed by atoms with E-state index in [0.29, 0.717) is 12.8 Å². The van der Waals surface area contributed by atoms with Crippen molar-refractivity contribution in [3.05, 3.63) is 0 Å². The van der Waals surface area contributed by atoms with Crippen molar-refractivity contribution in [3.8, 4) is 0 Å². The molecule has 4 nitrogen and oxygen atoms in total. The Hall–Kier alpha value is -0.610. The van der Waals surface area contributed by atoms with Crippen molar-refractivity contribution in [2.75, 3.05) is 6.61 Å². The van der Waals surface area contributed by atoms with Crippen LogP contribution in [-0.2, 0) is 4.79 Å². The third-order valence-electron chi connectivity index (χ3n) is 11.1. The molecular formula is C46H93NO3. The number of hydrogen-bond donors (Lipinski definition) is 3. The maximum absolute atomic E-state index is 12.4. The van der Waals surface area contributed by atoms with Crippen LogP contribution in [0.15, 0.2) is 0 Å². The summed E-state index contributed by atoms with van der Waals surface area (Å²) in [6.45, 7) is 4.38. The van der Waals surface area contributed by atoms with E-state index < -0.39 is 12.1 Å². The molecule has 0 rings (SSSR count). The topological polar surface area (TPSA) is 69.6 Å². The molecule has 0 aromatic heterocycles. The maximum Gasteiger partial charge on any atom is 0.220 e. The molecule has 0 saturated carbocycles. The lowest BCUT2D eigenvalue weighted by Gasteiger charge is -2.22. The molecule has 0 radical (unpaired) electrons. The molecule has 300 valence electrons. The SMILES string of the molecule is CCCCCCCCCCCCCCCCCCCCCCCCCCC(=O)N[C@@H](CO)[C@H](O)CCCCCCCCCCCCCCCC. The van der Waals surface area contributed by atoms with Gasteiger partial charge in [0.25, 0.3) is 0 Å². The number of carbonyl (C=O) groups is 1. The number of amides is 1. The third-order valence-corrected chi connectivity index (χ3v) is 11.1. The Morgan fingerprint density at radius 3 is 0.900 bits per heavy atom. The Kier molecular flexibility index (Phi) is 42.3. The summed E-state index contributed by atoms with van der Waals surface area (Å²) in [4.78, 5) is 12.4. The van der Waals surface area contributed by atoms with E-state index >= 15 is 0 Å². The summed E-state index contributed by atoms with van der Waals surface area (Å²) in [5, 5.41) is 23.2. The van der Waals surface area contributed by atoms with Crippen LogP contribution in [0.5, 0.6) is 0 Å². The summed E-state index contributed by atoms with van der Waals surface area (Å²) in [6, 6.07) is -0.529. The smallest absolute Gasteiger partial charge is 0.220 e. The van der Waals surface area contributed by atoms with Gasteiger partial charge in [0.15, 0.2) is 0 Å². The second kappa shape index (κ2) is 42.8. The standard InChI is InChI=1S/C46H93NO3/c1-3-5-7-9-11-13-15-17-19-20-21-22-23-24-25-26-27-28-30-32-34-36-38-40-42-46(50)47-44(43-48)45(49)41-39-37-35-33-31-29-18-16-14-12-10-8-6-4-2/h44-45,48-49H,3-43H2,1-2H3,(H,47,50)/t44-,45+/m0/s1. The molecule has 0 saturated heterocycles. The maximum atomic E-state index is 12.4. The summed E-state index contributed by atoms with van der Waals surface area (Å²) in [5.74, 6) is -0.0251. The van der Waals surface area contributed by atoms with Gasteiger partial charge in [0, 0.05) is 6.42 Å². The summed E-state index contributed by atoms with van der Waals surface area (Å²) in [6.07, 6.45) is 51.9. The molecule has 0 bridgehead atoms. The lowest BCUT2D eigenvalue weighted by Crippen LogP contribution is -2.45. The Morgan fingerprint density at radius 1 is 0.400 bits per heavy atom. The van der Waals surface area contributed by atoms with Gasteiger partial charge in [0.05, 0.1) is 18.8 Å². The second-order valence-corrected chi connectivity index (χ2v) is 16.2. The highest BCUT2D eigenvalue weighted by Gasteiger charge is 2.20. The number of hydrogen-bond acceptors (Lipinski definition) is 3. The quantitative estimate of drug-likeness (QED) is 0.0553. The Morgan fingerprint density at radius 2 is 0.640 bits per heavy atom. The number of carbonyl (C=O) groups excluding carboxylic acids is 1. The molecule has 50 heavy (non-hydrogen) atoms. The van der Waals surface area contributed by atoms with Crippen LogP contribution in [0.2, 0.25) is 0 Å². The molecular weight excluding hydrogens is 615 g/mol. The van der Waals surface area contributed by atoms with E-state index in [1.807, 2.05) is 0 Å².